The number of carboxylic acids is 1. The molecule has 0 fully saturated rings. The molecule has 1 heterocycles. The van der Waals surface area contributed by atoms with E-state index < -0.39 is 12.0 Å². The van der Waals surface area contributed by atoms with Gasteiger partial charge in [0, 0.05) is 19.2 Å². The molecule has 1 aromatic carbocycles. The molecule has 1 aromatic rings. The van der Waals surface area contributed by atoms with E-state index in [9.17, 15) is 4.79 Å². The van der Waals surface area contributed by atoms with Crippen LogP contribution in [-0.4, -0.2) is 24.2 Å². The van der Waals surface area contributed by atoms with Crippen molar-refractivity contribution in [3.05, 3.63) is 28.8 Å². The molecule has 0 saturated carbocycles. The first-order valence-corrected chi connectivity index (χ1v) is 5.07. The Balaban J connectivity index is 2.53. The second kappa shape index (κ2) is 3.26. The molecule has 0 radical (unpaired) electrons. The molecule has 1 atom stereocenters. The first kappa shape index (κ1) is 10.0. The zero-order valence-corrected chi connectivity index (χ0v) is 9.24. The van der Waals surface area contributed by atoms with Gasteiger partial charge in [-0.25, -0.2) is 4.79 Å². The van der Waals surface area contributed by atoms with Gasteiger partial charge in [0.2, 0.25) is 0 Å². The van der Waals surface area contributed by atoms with Crippen molar-refractivity contribution >= 4 is 11.7 Å². The number of benzene rings is 1. The monoisotopic (exact) mass is 205 g/mol. The zero-order valence-electron chi connectivity index (χ0n) is 9.24. The van der Waals surface area contributed by atoms with Gasteiger partial charge in [0.25, 0.3) is 0 Å². The molecule has 0 spiro atoms. The highest BCUT2D eigenvalue weighted by molar-refractivity contribution is 5.83. The van der Waals surface area contributed by atoms with Gasteiger partial charge in [-0.1, -0.05) is 12.1 Å². The largest absolute Gasteiger partial charge is 0.480 e. The number of carbonyl (C=O) groups is 1. The summed E-state index contributed by atoms with van der Waals surface area (Å²) in [7, 11) is 1.86. The summed E-state index contributed by atoms with van der Waals surface area (Å²) >= 11 is 0. The number of aryl methyl sites for hydroxylation is 2. The highest BCUT2D eigenvalue weighted by atomic mass is 16.4. The summed E-state index contributed by atoms with van der Waals surface area (Å²) in [4.78, 5) is 12.9. The average molecular weight is 205 g/mol. The topological polar surface area (TPSA) is 40.5 Å². The van der Waals surface area contributed by atoms with Gasteiger partial charge in [-0.3, -0.25) is 0 Å². The molecule has 0 aliphatic carbocycles. The Morgan fingerprint density at radius 1 is 1.40 bits per heavy atom. The van der Waals surface area contributed by atoms with Crippen LogP contribution in [0.3, 0.4) is 0 Å². The standard InChI is InChI=1S/C12H15NO2/c1-7-4-5-8(2)11-9(7)6-10(12(14)15)13(11)3/h4-5,10H,6H2,1-3H3,(H,14,15). The number of anilines is 1. The van der Waals surface area contributed by atoms with Crippen LogP contribution in [0.15, 0.2) is 12.1 Å². The maximum atomic E-state index is 11.1. The van der Waals surface area contributed by atoms with E-state index in [4.69, 9.17) is 5.11 Å². The second-order valence-electron chi connectivity index (χ2n) is 4.20. The highest BCUT2D eigenvalue weighted by Crippen LogP contribution is 2.36. The molecule has 3 heteroatoms. The lowest BCUT2D eigenvalue weighted by atomic mass is 10.0. The van der Waals surface area contributed by atoms with Crippen molar-refractivity contribution in [1.82, 2.24) is 0 Å². The smallest absolute Gasteiger partial charge is 0.326 e. The summed E-state index contributed by atoms with van der Waals surface area (Å²) in [5.41, 5.74) is 4.63. The van der Waals surface area contributed by atoms with E-state index in [1.54, 1.807) is 0 Å². The van der Waals surface area contributed by atoms with Gasteiger partial charge in [-0.05, 0) is 30.5 Å². The fourth-order valence-electron chi connectivity index (χ4n) is 2.34. The van der Waals surface area contributed by atoms with Gasteiger partial charge in [0.1, 0.15) is 6.04 Å². The Kier molecular flexibility index (Phi) is 2.18. The summed E-state index contributed by atoms with van der Waals surface area (Å²) in [6.07, 6.45) is 0.620. The van der Waals surface area contributed by atoms with Crippen LogP contribution in [-0.2, 0) is 11.2 Å². The van der Waals surface area contributed by atoms with Gasteiger partial charge >= 0.3 is 5.97 Å². The third-order valence-electron chi connectivity index (χ3n) is 3.22. The third kappa shape index (κ3) is 1.39. The minimum atomic E-state index is -0.743. The third-order valence-corrected chi connectivity index (χ3v) is 3.22. The van der Waals surface area contributed by atoms with Crippen LogP contribution in [0.2, 0.25) is 0 Å². The van der Waals surface area contributed by atoms with Crippen molar-refractivity contribution < 1.29 is 9.90 Å². The van der Waals surface area contributed by atoms with E-state index in [1.807, 2.05) is 25.8 Å². The molecule has 1 aliphatic heterocycles. The molecule has 0 saturated heterocycles. The summed E-state index contributed by atoms with van der Waals surface area (Å²) in [5, 5.41) is 9.10. The molecule has 0 bridgehead atoms. The van der Waals surface area contributed by atoms with Crippen LogP contribution in [0.1, 0.15) is 16.7 Å². The maximum Gasteiger partial charge on any atom is 0.326 e. The molecule has 15 heavy (non-hydrogen) atoms. The fraction of sp³-hybridized carbons (Fsp3) is 0.417. The van der Waals surface area contributed by atoms with E-state index in [2.05, 4.69) is 12.1 Å². The molecular weight excluding hydrogens is 190 g/mol. The van der Waals surface area contributed by atoms with Crippen LogP contribution in [0.4, 0.5) is 5.69 Å². The quantitative estimate of drug-likeness (QED) is 0.759. The minimum absolute atomic E-state index is 0.403. The van der Waals surface area contributed by atoms with E-state index in [-0.39, 0.29) is 0 Å². The van der Waals surface area contributed by atoms with Crippen molar-refractivity contribution in [1.29, 1.82) is 0 Å². The molecule has 0 amide bonds. The van der Waals surface area contributed by atoms with Crippen LogP contribution in [0.25, 0.3) is 0 Å². The van der Waals surface area contributed by atoms with Crippen molar-refractivity contribution in [3.63, 3.8) is 0 Å². The lowest BCUT2D eigenvalue weighted by molar-refractivity contribution is -0.138. The number of hydrogen-bond donors (Lipinski definition) is 1. The van der Waals surface area contributed by atoms with Crippen LogP contribution < -0.4 is 4.90 Å². The SMILES string of the molecule is Cc1ccc(C)c2c1CC(C(=O)O)N2C. The number of rotatable bonds is 1. The number of fused-ring (bicyclic) bond motifs is 1. The first-order valence-electron chi connectivity index (χ1n) is 5.07. The maximum absolute atomic E-state index is 11.1. The van der Waals surface area contributed by atoms with E-state index in [1.165, 1.54) is 11.1 Å². The Labute approximate surface area is 89.3 Å². The summed E-state index contributed by atoms with van der Waals surface area (Å²) in [5.74, 6) is -0.743. The molecular formula is C12H15NO2. The molecule has 0 aromatic heterocycles. The summed E-state index contributed by atoms with van der Waals surface area (Å²) in [6.45, 7) is 4.06. The number of likely N-dealkylation sites (N-methyl/N-ethyl adjacent to an activating group) is 1. The molecule has 3 nitrogen and oxygen atoms in total. The Morgan fingerprint density at radius 2 is 2.00 bits per heavy atom. The van der Waals surface area contributed by atoms with Gasteiger partial charge < -0.3 is 10.0 Å². The molecule has 1 N–H and O–H groups in total. The van der Waals surface area contributed by atoms with Crippen molar-refractivity contribution in [2.24, 2.45) is 0 Å². The van der Waals surface area contributed by atoms with Gasteiger partial charge in [-0.15, -0.1) is 0 Å². The van der Waals surface area contributed by atoms with Gasteiger partial charge in [0.15, 0.2) is 0 Å². The Bertz CT molecular complexity index is 426. The second-order valence-corrected chi connectivity index (χ2v) is 4.20. The Hall–Kier alpha value is -1.51. The zero-order chi connectivity index (χ0) is 11.2. The lowest BCUT2D eigenvalue weighted by Gasteiger charge is -2.20. The predicted molar refractivity (Wildman–Crippen MR) is 59.4 cm³/mol. The Morgan fingerprint density at radius 3 is 2.53 bits per heavy atom. The van der Waals surface area contributed by atoms with Crippen molar-refractivity contribution in [2.45, 2.75) is 26.3 Å². The van der Waals surface area contributed by atoms with Crippen molar-refractivity contribution in [2.75, 3.05) is 11.9 Å². The van der Waals surface area contributed by atoms with E-state index in [0.29, 0.717) is 6.42 Å². The summed E-state index contributed by atoms with van der Waals surface area (Å²) < 4.78 is 0. The van der Waals surface area contributed by atoms with Crippen LogP contribution in [0, 0.1) is 13.8 Å². The molecule has 1 unspecified atom stereocenters. The molecule has 1 aliphatic rings. The van der Waals surface area contributed by atoms with E-state index in [0.717, 1.165) is 11.3 Å². The number of hydrogen-bond acceptors (Lipinski definition) is 2. The summed E-state index contributed by atoms with van der Waals surface area (Å²) in [6, 6.07) is 3.71. The number of nitrogens with zero attached hydrogens (tertiary/aromatic N) is 1. The number of carboxylic acid groups (broad SMARTS) is 1. The van der Waals surface area contributed by atoms with Crippen LogP contribution in [0.5, 0.6) is 0 Å². The highest BCUT2D eigenvalue weighted by Gasteiger charge is 2.33. The van der Waals surface area contributed by atoms with Crippen LogP contribution >= 0.6 is 0 Å². The van der Waals surface area contributed by atoms with Gasteiger partial charge in [0.05, 0.1) is 0 Å². The first-order chi connectivity index (χ1) is 7.02. The lowest BCUT2D eigenvalue weighted by Crippen LogP contribution is -2.35. The number of aliphatic carboxylic acids is 1. The minimum Gasteiger partial charge on any atom is -0.480 e. The average Bonchev–Trinajstić information content (AvgIpc) is 2.51. The van der Waals surface area contributed by atoms with E-state index >= 15 is 0 Å². The van der Waals surface area contributed by atoms with Gasteiger partial charge in [-0.2, -0.15) is 0 Å². The normalized spacial score (nSPS) is 19.1. The van der Waals surface area contributed by atoms with Crippen molar-refractivity contribution in [3.8, 4) is 0 Å². The predicted octanol–water partition coefficient (Wildman–Crippen LogP) is 1.75. The molecule has 2 rings (SSSR count). The fourth-order valence-corrected chi connectivity index (χ4v) is 2.34. The molecule has 80 valence electrons.